The minimum atomic E-state index is -4.21. The molecule has 1 N–H and O–H groups in total. The first-order valence-corrected chi connectivity index (χ1v) is 12.4. The number of hydrogen-bond acceptors (Lipinski definition) is 5. The Morgan fingerprint density at radius 3 is 2.40 bits per heavy atom. The van der Waals surface area contributed by atoms with E-state index in [4.69, 9.17) is 5.41 Å². The first-order chi connectivity index (χ1) is 16.8. The van der Waals surface area contributed by atoms with Crippen molar-refractivity contribution in [3.63, 3.8) is 0 Å². The second kappa shape index (κ2) is 8.59. The third-order valence-electron chi connectivity index (χ3n) is 5.98. The number of aromatic nitrogens is 3. The summed E-state index contributed by atoms with van der Waals surface area (Å²) in [6, 6.07) is 18.7. The molecule has 176 valence electrons. The first-order valence-electron chi connectivity index (χ1n) is 10.9. The molecule has 9 heteroatoms. The highest BCUT2D eigenvalue weighted by Crippen LogP contribution is 2.21. The second-order valence-electron chi connectivity index (χ2n) is 8.24. The molecule has 0 radical (unpaired) electrons. The molecule has 0 bridgehead atoms. The summed E-state index contributed by atoms with van der Waals surface area (Å²) < 4.78 is 43.2. The average molecular weight is 489 g/mol. The Kier molecular flexibility index (Phi) is 5.56. The van der Waals surface area contributed by atoms with E-state index in [9.17, 15) is 17.6 Å². The summed E-state index contributed by atoms with van der Waals surface area (Å²) in [5.74, 6) is -0.573. The lowest BCUT2D eigenvalue weighted by Gasteiger charge is -2.15. The topological polar surface area (TPSA) is 97.3 Å². The predicted octanol–water partition coefficient (Wildman–Crippen LogP) is 3.65. The Balaban J connectivity index is 1.82. The fourth-order valence-corrected chi connectivity index (χ4v) is 5.51. The van der Waals surface area contributed by atoms with Crippen LogP contribution in [0.5, 0.6) is 0 Å². The van der Waals surface area contributed by atoms with Crippen LogP contribution in [-0.4, -0.2) is 22.4 Å². The van der Waals surface area contributed by atoms with Crippen molar-refractivity contribution in [3.05, 3.63) is 112 Å². The van der Waals surface area contributed by atoms with Crippen molar-refractivity contribution in [2.45, 2.75) is 29.7 Å². The molecule has 0 saturated carbocycles. The van der Waals surface area contributed by atoms with Gasteiger partial charge in [-0.1, -0.05) is 36.4 Å². The highest BCUT2D eigenvalue weighted by atomic mass is 32.2. The van der Waals surface area contributed by atoms with Crippen LogP contribution in [0.3, 0.4) is 0 Å². The number of pyridine rings is 2. The summed E-state index contributed by atoms with van der Waals surface area (Å²) in [5.41, 5.74) is 1.72. The van der Waals surface area contributed by atoms with Crippen molar-refractivity contribution in [1.82, 2.24) is 14.0 Å². The first kappa shape index (κ1) is 22.7. The van der Waals surface area contributed by atoms with E-state index in [1.807, 2.05) is 43.3 Å². The van der Waals surface area contributed by atoms with Gasteiger partial charge >= 0.3 is 0 Å². The number of nitrogens with zero attached hydrogens (tertiary/aromatic N) is 3. The summed E-state index contributed by atoms with van der Waals surface area (Å²) in [6.45, 7) is 2.07. The summed E-state index contributed by atoms with van der Waals surface area (Å²) in [4.78, 5) is 17.6. The molecular formula is C26H21FN4O3S. The van der Waals surface area contributed by atoms with Crippen LogP contribution in [-0.2, 0) is 22.8 Å². The zero-order valence-electron chi connectivity index (χ0n) is 18.8. The summed E-state index contributed by atoms with van der Waals surface area (Å²) >= 11 is 0. The maximum absolute atomic E-state index is 13.5. The summed E-state index contributed by atoms with van der Waals surface area (Å²) in [6.07, 6.45) is 2.08. The highest BCUT2D eigenvalue weighted by Gasteiger charge is 2.24. The maximum Gasteiger partial charge on any atom is 0.267 e. The van der Waals surface area contributed by atoms with Gasteiger partial charge in [-0.3, -0.25) is 14.6 Å². The zero-order chi connectivity index (χ0) is 24.7. The van der Waals surface area contributed by atoms with Crippen LogP contribution in [0.4, 0.5) is 4.39 Å². The minimum absolute atomic E-state index is 0.0813. The molecule has 3 aromatic heterocycles. The largest absolute Gasteiger partial charge is 0.309 e. The molecule has 0 amide bonds. The Hall–Kier alpha value is -4.11. The Labute approximate surface area is 200 Å². The SMILES string of the molecule is Cc1cccn2c(=O)c3cc(S(=O)(=O)c4ccc(F)cc4)c(=N)n(CCc4ccccc4)c3nc12. The minimum Gasteiger partial charge on any atom is -0.309 e. The molecule has 0 fully saturated rings. The van der Waals surface area contributed by atoms with Crippen molar-refractivity contribution >= 4 is 26.5 Å². The quantitative estimate of drug-likeness (QED) is 0.302. The van der Waals surface area contributed by atoms with Crippen LogP contribution < -0.4 is 11.0 Å². The van der Waals surface area contributed by atoms with E-state index in [-0.39, 0.29) is 32.9 Å². The fraction of sp³-hybridized carbons (Fsp3) is 0.115. The van der Waals surface area contributed by atoms with E-state index in [1.54, 1.807) is 12.3 Å². The van der Waals surface area contributed by atoms with Gasteiger partial charge in [0.05, 0.1) is 10.3 Å². The normalized spacial score (nSPS) is 11.8. The molecule has 0 aliphatic heterocycles. The second-order valence-corrected chi connectivity index (χ2v) is 10.2. The number of hydrogen-bond donors (Lipinski definition) is 1. The maximum atomic E-state index is 13.5. The Morgan fingerprint density at radius 2 is 1.69 bits per heavy atom. The lowest BCUT2D eigenvalue weighted by molar-refractivity contribution is 0.587. The lowest BCUT2D eigenvalue weighted by atomic mass is 10.1. The van der Waals surface area contributed by atoms with Crippen molar-refractivity contribution in [1.29, 1.82) is 5.41 Å². The number of sulfone groups is 1. The Morgan fingerprint density at radius 1 is 0.971 bits per heavy atom. The summed E-state index contributed by atoms with van der Waals surface area (Å²) in [5, 5.41) is 8.92. The number of halogens is 1. The fourth-order valence-electron chi connectivity index (χ4n) is 4.12. The molecular weight excluding hydrogens is 467 g/mol. The van der Waals surface area contributed by atoms with Gasteiger partial charge in [-0.15, -0.1) is 0 Å². The van der Waals surface area contributed by atoms with Crippen LogP contribution >= 0.6 is 0 Å². The highest BCUT2D eigenvalue weighted by molar-refractivity contribution is 7.91. The van der Waals surface area contributed by atoms with E-state index in [2.05, 4.69) is 4.98 Å². The van der Waals surface area contributed by atoms with Gasteiger partial charge in [0.2, 0.25) is 9.84 Å². The van der Waals surface area contributed by atoms with Gasteiger partial charge in [0.15, 0.2) is 0 Å². The van der Waals surface area contributed by atoms with E-state index >= 15 is 0 Å². The van der Waals surface area contributed by atoms with Crippen molar-refractivity contribution in [3.8, 4) is 0 Å². The number of nitrogens with one attached hydrogen (secondary N) is 1. The van der Waals surface area contributed by atoms with E-state index < -0.39 is 21.2 Å². The number of rotatable bonds is 5. The van der Waals surface area contributed by atoms with Gasteiger partial charge in [-0.2, -0.15) is 0 Å². The van der Waals surface area contributed by atoms with Gasteiger partial charge in [0, 0.05) is 12.7 Å². The van der Waals surface area contributed by atoms with E-state index in [0.717, 1.165) is 35.4 Å². The van der Waals surface area contributed by atoms with Crippen LogP contribution in [0.2, 0.25) is 0 Å². The third-order valence-corrected chi connectivity index (χ3v) is 7.76. The summed E-state index contributed by atoms with van der Waals surface area (Å²) in [7, 11) is -4.21. The monoisotopic (exact) mass is 488 g/mol. The lowest BCUT2D eigenvalue weighted by Crippen LogP contribution is -2.30. The molecule has 7 nitrogen and oxygen atoms in total. The van der Waals surface area contributed by atoms with Crippen LogP contribution in [0.25, 0.3) is 16.7 Å². The number of aryl methyl sites for hydroxylation is 3. The molecule has 2 aromatic carbocycles. The van der Waals surface area contributed by atoms with Crippen molar-refractivity contribution in [2.24, 2.45) is 0 Å². The molecule has 0 unspecified atom stereocenters. The number of fused-ring (bicyclic) bond motifs is 2. The molecule has 5 aromatic rings. The van der Waals surface area contributed by atoms with Crippen LogP contribution in [0, 0.1) is 18.2 Å². The molecule has 0 aliphatic carbocycles. The third kappa shape index (κ3) is 3.93. The van der Waals surface area contributed by atoms with Gasteiger partial charge in [-0.05, 0) is 60.9 Å². The van der Waals surface area contributed by atoms with Gasteiger partial charge < -0.3 is 4.57 Å². The van der Waals surface area contributed by atoms with Gasteiger partial charge in [0.1, 0.15) is 27.5 Å². The van der Waals surface area contributed by atoms with Crippen molar-refractivity contribution < 1.29 is 12.8 Å². The molecule has 0 spiro atoms. The average Bonchev–Trinajstić information content (AvgIpc) is 2.85. The smallest absolute Gasteiger partial charge is 0.267 e. The molecule has 0 atom stereocenters. The van der Waals surface area contributed by atoms with Crippen LogP contribution in [0.1, 0.15) is 11.1 Å². The molecule has 3 heterocycles. The van der Waals surface area contributed by atoms with E-state index in [1.165, 1.54) is 15.0 Å². The molecule has 0 saturated heterocycles. The standard InChI is InChI=1S/C26H21FN4O3S/c1-17-6-5-14-31-24(17)29-25-21(26(31)32)16-22(35(33,34)20-11-9-19(27)10-12-20)23(28)30(25)15-13-18-7-3-2-4-8-18/h2-12,14,16,28H,13,15H2,1H3. The van der Waals surface area contributed by atoms with Gasteiger partial charge in [-0.25, -0.2) is 17.8 Å². The molecule has 5 rings (SSSR count). The van der Waals surface area contributed by atoms with Crippen molar-refractivity contribution in [2.75, 3.05) is 0 Å². The Bertz CT molecular complexity index is 1810. The van der Waals surface area contributed by atoms with Gasteiger partial charge in [0.25, 0.3) is 5.56 Å². The molecule has 35 heavy (non-hydrogen) atoms. The number of benzene rings is 2. The predicted molar refractivity (Wildman–Crippen MR) is 130 cm³/mol. The van der Waals surface area contributed by atoms with E-state index in [0.29, 0.717) is 12.1 Å². The van der Waals surface area contributed by atoms with Crippen LogP contribution in [0.15, 0.2) is 93.6 Å². The zero-order valence-corrected chi connectivity index (χ0v) is 19.6. The molecule has 0 aliphatic rings.